The minimum absolute atomic E-state index is 0.556. The highest BCUT2D eigenvalue weighted by molar-refractivity contribution is 5.59. The van der Waals surface area contributed by atoms with Gasteiger partial charge in [-0.15, -0.1) is 0 Å². The lowest BCUT2D eigenvalue weighted by Gasteiger charge is -2.35. The summed E-state index contributed by atoms with van der Waals surface area (Å²) in [6, 6.07) is 22.1. The minimum atomic E-state index is 0.556. The van der Waals surface area contributed by atoms with Gasteiger partial charge in [-0.3, -0.25) is 9.80 Å². The molecule has 1 aliphatic rings. The third-order valence-corrected chi connectivity index (χ3v) is 6.94. The summed E-state index contributed by atoms with van der Waals surface area (Å²) >= 11 is 0. The average molecular weight is 513 g/mol. The monoisotopic (exact) mass is 512 g/mol. The average Bonchev–Trinajstić information content (AvgIpc) is 3.46. The van der Waals surface area contributed by atoms with Crippen molar-refractivity contribution in [2.24, 2.45) is 0 Å². The molecule has 0 spiro atoms. The van der Waals surface area contributed by atoms with Crippen molar-refractivity contribution in [3.05, 3.63) is 90.4 Å². The molecule has 38 heavy (non-hydrogen) atoms. The van der Waals surface area contributed by atoms with E-state index < -0.39 is 0 Å². The Balaban J connectivity index is 1.05. The maximum Gasteiger partial charge on any atom is 0.225 e. The van der Waals surface area contributed by atoms with Gasteiger partial charge in [0, 0.05) is 50.2 Å². The number of nitrogens with zero attached hydrogens (tertiary/aromatic N) is 6. The van der Waals surface area contributed by atoms with Crippen LogP contribution in [0.5, 0.6) is 5.75 Å². The molecule has 4 aromatic rings. The summed E-state index contributed by atoms with van der Waals surface area (Å²) in [6.07, 6.45) is 4.75. The van der Waals surface area contributed by atoms with Crippen molar-refractivity contribution in [2.75, 3.05) is 50.7 Å². The molecule has 0 unspecified atom stereocenters. The summed E-state index contributed by atoms with van der Waals surface area (Å²) < 4.78 is 11.6. The SMILES string of the molecule is CCN(CCCN1CCN(c2ncccn2)CC1)Cc1cc(-c2ccc(OCc3ccccc3)cc2)no1. The lowest BCUT2D eigenvalue weighted by atomic mass is 10.1. The smallest absolute Gasteiger partial charge is 0.225 e. The molecular formula is C30H36N6O2. The fraction of sp³-hybridized carbons (Fsp3) is 0.367. The van der Waals surface area contributed by atoms with E-state index >= 15 is 0 Å². The number of anilines is 1. The number of ether oxygens (including phenoxy) is 1. The van der Waals surface area contributed by atoms with Crippen LogP contribution in [0.1, 0.15) is 24.7 Å². The normalized spacial score (nSPS) is 14.2. The van der Waals surface area contributed by atoms with Crippen LogP contribution in [0.2, 0.25) is 0 Å². The molecule has 0 amide bonds. The van der Waals surface area contributed by atoms with E-state index in [0.29, 0.717) is 6.61 Å². The lowest BCUT2D eigenvalue weighted by molar-refractivity contribution is 0.206. The van der Waals surface area contributed by atoms with Crippen molar-refractivity contribution in [3.63, 3.8) is 0 Å². The number of hydrogen-bond donors (Lipinski definition) is 0. The van der Waals surface area contributed by atoms with E-state index in [4.69, 9.17) is 9.26 Å². The predicted molar refractivity (Wildman–Crippen MR) is 149 cm³/mol. The molecule has 1 saturated heterocycles. The molecule has 0 radical (unpaired) electrons. The molecule has 3 heterocycles. The van der Waals surface area contributed by atoms with Crippen molar-refractivity contribution in [1.29, 1.82) is 0 Å². The molecule has 0 bridgehead atoms. The van der Waals surface area contributed by atoms with Gasteiger partial charge < -0.3 is 14.2 Å². The molecule has 2 aromatic carbocycles. The van der Waals surface area contributed by atoms with E-state index in [-0.39, 0.29) is 0 Å². The number of piperazine rings is 1. The van der Waals surface area contributed by atoms with Gasteiger partial charge in [0.1, 0.15) is 18.1 Å². The Hall–Kier alpha value is -3.75. The number of hydrogen-bond acceptors (Lipinski definition) is 8. The summed E-state index contributed by atoms with van der Waals surface area (Å²) in [6.45, 7) is 10.7. The Kier molecular flexibility index (Phi) is 8.97. The van der Waals surface area contributed by atoms with E-state index in [1.165, 1.54) is 0 Å². The predicted octanol–water partition coefficient (Wildman–Crippen LogP) is 4.74. The molecule has 0 atom stereocenters. The van der Waals surface area contributed by atoms with E-state index in [1.807, 2.05) is 67.0 Å². The first kappa shape index (κ1) is 25.9. The molecule has 0 aliphatic carbocycles. The summed E-state index contributed by atoms with van der Waals surface area (Å²) in [5.74, 6) is 2.57. The maximum absolute atomic E-state index is 5.90. The molecule has 198 valence electrons. The second-order valence-electron chi connectivity index (χ2n) is 9.58. The first-order valence-corrected chi connectivity index (χ1v) is 13.5. The van der Waals surface area contributed by atoms with Crippen molar-refractivity contribution < 1.29 is 9.26 Å². The molecule has 1 fully saturated rings. The van der Waals surface area contributed by atoms with Crippen LogP contribution in [0.3, 0.4) is 0 Å². The highest BCUT2D eigenvalue weighted by Gasteiger charge is 2.19. The molecule has 0 N–H and O–H groups in total. The number of aromatic nitrogens is 3. The van der Waals surface area contributed by atoms with Gasteiger partial charge in [0.15, 0.2) is 5.76 Å². The topological polar surface area (TPSA) is 70.8 Å². The van der Waals surface area contributed by atoms with Crippen molar-refractivity contribution >= 4 is 5.95 Å². The molecule has 2 aromatic heterocycles. The Morgan fingerprint density at radius 3 is 2.42 bits per heavy atom. The van der Waals surface area contributed by atoms with Crippen LogP contribution >= 0.6 is 0 Å². The minimum Gasteiger partial charge on any atom is -0.489 e. The Bertz CT molecular complexity index is 1220. The van der Waals surface area contributed by atoms with E-state index in [9.17, 15) is 0 Å². The van der Waals surface area contributed by atoms with Crippen LogP contribution in [0, 0.1) is 0 Å². The molecule has 5 rings (SSSR count). The lowest BCUT2D eigenvalue weighted by Crippen LogP contribution is -2.47. The van der Waals surface area contributed by atoms with Crippen molar-refractivity contribution in [2.45, 2.75) is 26.5 Å². The highest BCUT2D eigenvalue weighted by atomic mass is 16.5. The summed E-state index contributed by atoms with van der Waals surface area (Å²) in [5.41, 5.74) is 3.03. The molecule has 1 aliphatic heterocycles. The van der Waals surface area contributed by atoms with Gasteiger partial charge in [-0.05, 0) is 62.0 Å². The van der Waals surface area contributed by atoms with Gasteiger partial charge in [0.2, 0.25) is 5.95 Å². The van der Waals surface area contributed by atoms with Gasteiger partial charge in [-0.1, -0.05) is 42.4 Å². The molecule has 8 nitrogen and oxygen atoms in total. The van der Waals surface area contributed by atoms with Gasteiger partial charge in [0.05, 0.1) is 6.54 Å². The van der Waals surface area contributed by atoms with Crippen molar-refractivity contribution in [1.82, 2.24) is 24.9 Å². The van der Waals surface area contributed by atoms with E-state index in [1.54, 1.807) is 0 Å². The zero-order valence-corrected chi connectivity index (χ0v) is 22.1. The van der Waals surface area contributed by atoms with Crippen LogP contribution in [-0.2, 0) is 13.2 Å². The Labute approximate surface area is 224 Å². The third-order valence-electron chi connectivity index (χ3n) is 6.94. The summed E-state index contributed by atoms with van der Waals surface area (Å²) in [5, 5.41) is 4.32. The number of benzene rings is 2. The first-order valence-electron chi connectivity index (χ1n) is 13.5. The van der Waals surface area contributed by atoms with Gasteiger partial charge >= 0.3 is 0 Å². The van der Waals surface area contributed by atoms with Crippen LogP contribution in [0.25, 0.3) is 11.3 Å². The first-order chi connectivity index (χ1) is 18.8. The largest absolute Gasteiger partial charge is 0.489 e. The standard InChI is InChI=1S/C30H36N6O2/c1-2-34(16-7-17-35-18-20-36(21-19-35)30-31-14-6-15-32-30)23-28-22-29(33-38-28)26-10-12-27(13-11-26)37-24-25-8-4-3-5-9-25/h3-6,8-15,22H,2,7,16-21,23-24H2,1H3. The number of rotatable bonds is 12. The second-order valence-corrected chi connectivity index (χ2v) is 9.58. The fourth-order valence-corrected chi connectivity index (χ4v) is 4.70. The Morgan fingerprint density at radius 1 is 0.921 bits per heavy atom. The molecule has 0 saturated carbocycles. The molecular weight excluding hydrogens is 476 g/mol. The quantitative estimate of drug-likeness (QED) is 0.270. The van der Waals surface area contributed by atoms with Gasteiger partial charge in [-0.2, -0.15) is 0 Å². The highest BCUT2D eigenvalue weighted by Crippen LogP contribution is 2.23. The third kappa shape index (κ3) is 7.18. The fourth-order valence-electron chi connectivity index (χ4n) is 4.70. The van der Waals surface area contributed by atoms with Gasteiger partial charge in [0.25, 0.3) is 0 Å². The Morgan fingerprint density at radius 2 is 1.68 bits per heavy atom. The molecule has 8 heteroatoms. The zero-order valence-electron chi connectivity index (χ0n) is 22.1. The maximum atomic E-state index is 5.90. The van der Waals surface area contributed by atoms with Gasteiger partial charge in [-0.25, -0.2) is 9.97 Å². The van der Waals surface area contributed by atoms with E-state index in [0.717, 1.165) is 93.1 Å². The van der Waals surface area contributed by atoms with Crippen LogP contribution < -0.4 is 9.64 Å². The van der Waals surface area contributed by atoms with Crippen LogP contribution in [0.4, 0.5) is 5.95 Å². The summed E-state index contributed by atoms with van der Waals surface area (Å²) in [7, 11) is 0. The van der Waals surface area contributed by atoms with Crippen molar-refractivity contribution in [3.8, 4) is 17.0 Å². The van der Waals surface area contributed by atoms with E-state index in [2.05, 4.69) is 48.9 Å². The second kappa shape index (κ2) is 13.2. The van der Waals surface area contributed by atoms with Crippen LogP contribution in [-0.4, -0.2) is 70.7 Å². The zero-order chi connectivity index (χ0) is 26.0. The van der Waals surface area contributed by atoms with Crippen LogP contribution in [0.15, 0.2) is 83.6 Å². The summed E-state index contributed by atoms with van der Waals surface area (Å²) in [4.78, 5) is 16.0.